The summed E-state index contributed by atoms with van der Waals surface area (Å²) in [5.41, 5.74) is -2.94. The molecule has 0 atom stereocenters. The van der Waals surface area contributed by atoms with Gasteiger partial charge in [0, 0.05) is 5.56 Å². The molecule has 24 heavy (non-hydrogen) atoms. The highest BCUT2D eigenvalue weighted by Crippen LogP contribution is 2.32. The number of hydrogen-bond donors (Lipinski definition) is 1. The van der Waals surface area contributed by atoms with Crippen LogP contribution in [0.5, 0.6) is 0 Å². The number of rotatable bonds is 1. The standard InChI is InChI=1S/C12H14F4N2O2.2C2H6/c1-6-7(18-10(19)20-11(2,3)4)5-17-9(8(6)13)12(14,15)16;2*1-2/h5H,1-4H3,(H,18,19);2*1-2H3. The molecule has 0 aliphatic carbocycles. The lowest BCUT2D eigenvalue weighted by molar-refractivity contribution is -0.143. The van der Waals surface area contributed by atoms with E-state index < -0.39 is 29.4 Å². The van der Waals surface area contributed by atoms with Gasteiger partial charge in [-0.05, 0) is 27.7 Å². The number of pyridine rings is 1. The lowest BCUT2D eigenvalue weighted by atomic mass is 10.2. The van der Waals surface area contributed by atoms with Crippen LogP contribution in [0.2, 0.25) is 0 Å². The second-order valence-corrected chi connectivity index (χ2v) is 5.08. The lowest BCUT2D eigenvalue weighted by Gasteiger charge is -2.20. The van der Waals surface area contributed by atoms with Crippen molar-refractivity contribution in [1.82, 2.24) is 4.98 Å². The number of nitrogens with one attached hydrogen (secondary N) is 1. The Morgan fingerprint density at radius 2 is 1.58 bits per heavy atom. The number of halogens is 4. The van der Waals surface area contributed by atoms with E-state index in [0.29, 0.717) is 0 Å². The smallest absolute Gasteiger partial charge is 0.436 e. The highest BCUT2D eigenvalue weighted by atomic mass is 19.4. The van der Waals surface area contributed by atoms with Gasteiger partial charge in [-0.3, -0.25) is 5.32 Å². The molecule has 0 fully saturated rings. The number of ether oxygens (including phenoxy) is 1. The molecule has 0 unspecified atom stereocenters. The van der Waals surface area contributed by atoms with Crippen LogP contribution in [0.15, 0.2) is 6.20 Å². The molecule has 4 nitrogen and oxygen atoms in total. The topological polar surface area (TPSA) is 51.2 Å². The summed E-state index contributed by atoms with van der Waals surface area (Å²) < 4.78 is 55.8. The molecule has 1 N–H and O–H groups in total. The SMILES string of the molecule is CC.CC.Cc1c(NC(=O)OC(C)(C)C)cnc(C(F)(F)F)c1F. The molecule has 1 rings (SSSR count). The maximum atomic E-state index is 13.6. The van der Waals surface area contributed by atoms with Crippen molar-refractivity contribution in [2.75, 3.05) is 5.32 Å². The first-order chi connectivity index (χ1) is 10.9. The quantitative estimate of drug-likeness (QED) is 0.634. The zero-order valence-corrected chi connectivity index (χ0v) is 15.4. The number of alkyl halides is 3. The van der Waals surface area contributed by atoms with Crippen LogP contribution >= 0.6 is 0 Å². The van der Waals surface area contributed by atoms with Gasteiger partial charge in [0.15, 0.2) is 11.5 Å². The molecule has 0 aromatic carbocycles. The van der Waals surface area contributed by atoms with E-state index in [2.05, 4.69) is 10.3 Å². The Balaban J connectivity index is 0. The minimum atomic E-state index is -4.89. The van der Waals surface area contributed by atoms with Gasteiger partial charge in [-0.15, -0.1) is 0 Å². The van der Waals surface area contributed by atoms with Crippen LogP contribution in [0.3, 0.4) is 0 Å². The first-order valence-corrected chi connectivity index (χ1v) is 7.64. The van der Waals surface area contributed by atoms with E-state index in [4.69, 9.17) is 4.74 Å². The lowest BCUT2D eigenvalue weighted by Crippen LogP contribution is -2.27. The third-order valence-corrected chi connectivity index (χ3v) is 2.17. The second-order valence-electron chi connectivity index (χ2n) is 5.08. The number of carbonyl (C=O) groups is 1. The molecular weight excluding hydrogens is 328 g/mol. The molecule has 0 bridgehead atoms. The molecular formula is C16H26F4N2O2. The average Bonchev–Trinajstić information content (AvgIpc) is 2.45. The molecule has 1 amide bonds. The first-order valence-electron chi connectivity index (χ1n) is 7.64. The van der Waals surface area contributed by atoms with Gasteiger partial charge >= 0.3 is 12.3 Å². The van der Waals surface area contributed by atoms with Gasteiger partial charge in [-0.2, -0.15) is 13.2 Å². The van der Waals surface area contributed by atoms with Gasteiger partial charge in [0.2, 0.25) is 0 Å². The van der Waals surface area contributed by atoms with E-state index in [0.717, 1.165) is 13.1 Å². The van der Waals surface area contributed by atoms with Crippen LogP contribution in [0.1, 0.15) is 59.7 Å². The number of aromatic nitrogens is 1. The normalized spacial score (nSPS) is 10.7. The molecule has 1 aromatic heterocycles. The number of carbonyl (C=O) groups excluding carboxylic acids is 1. The van der Waals surface area contributed by atoms with E-state index in [1.54, 1.807) is 20.8 Å². The van der Waals surface area contributed by atoms with E-state index in [1.807, 2.05) is 27.7 Å². The molecule has 0 saturated heterocycles. The largest absolute Gasteiger partial charge is 0.444 e. The number of nitrogens with zero attached hydrogens (tertiary/aromatic N) is 1. The van der Waals surface area contributed by atoms with Crippen molar-refractivity contribution in [2.24, 2.45) is 0 Å². The van der Waals surface area contributed by atoms with Crippen molar-refractivity contribution < 1.29 is 27.1 Å². The van der Waals surface area contributed by atoms with Crippen molar-refractivity contribution in [3.05, 3.63) is 23.3 Å². The summed E-state index contributed by atoms with van der Waals surface area (Å²) in [6.07, 6.45) is -5.05. The van der Waals surface area contributed by atoms with Crippen LogP contribution in [-0.2, 0) is 10.9 Å². The van der Waals surface area contributed by atoms with E-state index in [9.17, 15) is 22.4 Å². The average molecular weight is 354 g/mol. The van der Waals surface area contributed by atoms with Crippen LogP contribution in [0.25, 0.3) is 0 Å². The fourth-order valence-electron chi connectivity index (χ4n) is 1.32. The van der Waals surface area contributed by atoms with Gasteiger partial charge in [-0.1, -0.05) is 27.7 Å². The Kier molecular flexibility index (Phi) is 10.3. The predicted molar refractivity (Wildman–Crippen MR) is 86.5 cm³/mol. The van der Waals surface area contributed by atoms with Crippen molar-refractivity contribution in [1.29, 1.82) is 0 Å². The Bertz CT molecular complexity index is 524. The van der Waals surface area contributed by atoms with Gasteiger partial charge in [-0.25, -0.2) is 14.2 Å². The van der Waals surface area contributed by atoms with Gasteiger partial charge in [0.1, 0.15) is 5.60 Å². The molecule has 0 spiro atoms. The summed E-state index contributed by atoms with van der Waals surface area (Å²) in [7, 11) is 0. The summed E-state index contributed by atoms with van der Waals surface area (Å²) in [6.45, 7) is 14.0. The van der Waals surface area contributed by atoms with E-state index >= 15 is 0 Å². The van der Waals surface area contributed by atoms with Crippen molar-refractivity contribution >= 4 is 11.8 Å². The van der Waals surface area contributed by atoms with E-state index in [1.165, 1.54) is 0 Å². The minimum absolute atomic E-state index is 0.176. The zero-order chi connectivity index (χ0) is 19.7. The molecule has 1 aromatic rings. The predicted octanol–water partition coefficient (Wildman–Crippen LogP) is 5.95. The van der Waals surface area contributed by atoms with Crippen molar-refractivity contribution in [3.8, 4) is 0 Å². The first kappa shape index (κ1) is 24.4. The minimum Gasteiger partial charge on any atom is -0.444 e. The van der Waals surface area contributed by atoms with Crippen molar-refractivity contribution in [2.45, 2.75) is 67.2 Å². The Labute approximate surface area is 140 Å². The Morgan fingerprint density at radius 1 is 1.12 bits per heavy atom. The van der Waals surface area contributed by atoms with Crippen LogP contribution in [-0.4, -0.2) is 16.7 Å². The number of amides is 1. The maximum absolute atomic E-state index is 13.6. The molecule has 140 valence electrons. The monoisotopic (exact) mass is 354 g/mol. The van der Waals surface area contributed by atoms with Gasteiger partial charge < -0.3 is 4.74 Å². The molecule has 8 heteroatoms. The molecule has 0 aliphatic rings. The summed E-state index contributed by atoms with van der Waals surface area (Å²) in [6, 6.07) is 0. The number of hydrogen-bond acceptors (Lipinski definition) is 3. The fraction of sp³-hybridized carbons (Fsp3) is 0.625. The third-order valence-electron chi connectivity index (χ3n) is 2.17. The number of anilines is 1. The summed E-state index contributed by atoms with van der Waals surface area (Å²) in [5, 5.41) is 2.16. The van der Waals surface area contributed by atoms with Crippen LogP contribution in [0, 0.1) is 12.7 Å². The summed E-state index contributed by atoms with van der Waals surface area (Å²) in [5.74, 6) is -1.52. The Hall–Kier alpha value is -1.86. The fourth-order valence-corrected chi connectivity index (χ4v) is 1.32. The summed E-state index contributed by atoms with van der Waals surface area (Å²) in [4.78, 5) is 14.5. The van der Waals surface area contributed by atoms with Crippen molar-refractivity contribution in [3.63, 3.8) is 0 Å². The molecule has 1 heterocycles. The highest BCUT2D eigenvalue weighted by Gasteiger charge is 2.37. The third kappa shape index (κ3) is 8.12. The Morgan fingerprint density at radius 3 is 1.96 bits per heavy atom. The van der Waals surface area contributed by atoms with Gasteiger partial charge in [0.25, 0.3) is 0 Å². The van der Waals surface area contributed by atoms with Gasteiger partial charge in [0.05, 0.1) is 11.9 Å². The second kappa shape index (κ2) is 10.1. The highest BCUT2D eigenvalue weighted by molar-refractivity contribution is 5.85. The molecule has 0 aliphatic heterocycles. The molecule has 0 radical (unpaired) electrons. The van der Waals surface area contributed by atoms with E-state index in [-0.39, 0.29) is 11.3 Å². The van der Waals surface area contributed by atoms with Crippen LogP contribution in [0.4, 0.5) is 28.0 Å². The zero-order valence-electron chi connectivity index (χ0n) is 15.4. The molecule has 0 saturated carbocycles. The maximum Gasteiger partial charge on any atom is 0.436 e. The summed E-state index contributed by atoms with van der Waals surface area (Å²) >= 11 is 0. The van der Waals surface area contributed by atoms with Crippen LogP contribution < -0.4 is 5.32 Å².